The van der Waals surface area contributed by atoms with E-state index in [9.17, 15) is 0 Å². The second-order valence-corrected chi connectivity index (χ2v) is 5.63. The number of aromatic nitrogens is 3. The first kappa shape index (κ1) is 11.6. The largest absolute Gasteiger partial charge is 0.319 e. The highest BCUT2D eigenvalue weighted by Gasteiger charge is 2.42. The average molecular weight is 222 g/mol. The van der Waals surface area contributed by atoms with E-state index in [2.05, 4.69) is 30.9 Å². The molecule has 1 aromatic rings. The van der Waals surface area contributed by atoms with E-state index < -0.39 is 0 Å². The van der Waals surface area contributed by atoms with Crippen LogP contribution in [0.3, 0.4) is 0 Å². The maximum Gasteiger partial charge on any atom is 0.151 e. The van der Waals surface area contributed by atoms with Crippen LogP contribution in [0.25, 0.3) is 0 Å². The summed E-state index contributed by atoms with van der Waals surface area (Å²) < 4.78 is 1.86. The Labute approximate surface area is 97.2 Å². The predicted octanol–water partition coefficient (Wildman–Crippen LogP) is 1.60. The van der Waals surface area contributed by atoms with Gasteiger partial charge in [-0.1, -0.05) is 13.8 Å². The van der Waals surface area contributed by atoms with Crippen LogP contribution in [-0.2, 0) is 19.0 Å². The van der Waals surface area contributed by atoms with Crippen molar-refractivity contribution in [1.82, 2.24) is 14.8 Å². The summed E-state index contributed by atoms with van der Waals surface area (Å²) >= 11 is 0. The van der Waals surface area contributed by atoms with E-state index in [1.807, 2.05) is 11.7 Å². The van der Waals surface area contributed by atoms with Crippen molar-refractivity contribution in [2.24, 2.45) is 24.6 Å². The van der Waals surface area contributed by atoms with Gasteiger partial charge >= 0.3 is 0 Å². The van der Waals surface area contributed by atoms with Crippen molar-refractivity contribution < 1.29 is 0 Å². The van der Waals surface area contributed by atoms with E-state index >= 15 is 0 Å². The monoisotopic (exact) mass is 222 g/mol. The molecule has 90 valence electrons. The lowest BCUT2D eigenvalue weighted by Crippen LogP contribution is -2.38. The van der Waals surface area contributed by atoms with Crippen molar-refractivity contribution in [2.75, 3.05) is 0 Å². The molecule has 0 aromatic carbocycles. The van der Waals surface area contributed by atoms with Gasteiger partial charge in [-0.3, -0.25) is 4.68 Å². The molecule has 1 saturated carbocycles. The molecule has 4 heteroatoms. The Balaban J connectivity index is 2.23. The van der Waals surface area contributed by atoms with Gasteiger partial charge in [0.1, 0.15) is 5.82 Å². The normalized spacial score (nSPS) is 20.1. The number of nitrogens with zero attached hydrogens (tertiary/aromatic N) is 3. The highest BCUT2D eigenvalue weighted by Crippen LogP contribution is 2.42. The second kappa shape index (κ2) is 3.84. The Morgan fingerprint density at radius 1 is 1.50 bits per heavy atom. The molecular weight excluding hydrogens is 200 g/mol. The summed E-state index contributed by atoms with van der Waals surface area (Å²) in [7, 11) is 1.94. The van der Waals surface area contributed by atoms with Crippen molar-refractivity contribution in [3.05, 3.63) is 11.6 Å². The SMILES string of the molecule is CC(C)Cc1nc(C(C)(N)C2CC2)n(C)n1. The summed E-state index contributed by atoms with van der Waals surface area (Å²) in [5.74, 6) is 3.03. The quantitative estimate of drug-likeness (QED) is 0.841. The maximum atomic E-state index is 6.36. The number of hydrogen-bond acceptors (Lipinski definition) is 3. The smallest absolute Gasteiger partial charge is 0.151 e. The molecule has 2 N–H and O–H groups in total. The Morgan fingerprint density at radius 2 is 2.12 bits per heavy atom. The molecular formula is C12H22N4. The summed E-state index contributed by atoms with van der Waals surface area (Å²) in [4.78, 5) is 4.61. The van der Waals surface area contributed by atoms with Gasteiger partial charge in [0.15, 0.2) is 5.82 Å². The fraction of sp³-hybridized carbons (Fsp3) is 0.833. The number of hydrogen-bond donors (Lipinski definition) is 1. The van der Waals surface area contributed by atoms with Crippen LogP contribution in [0.2, 0.25) is 0 Å². The van der Waals surface area contributed by atoms with Crippen molar-refractivity contribution in [3.8, 4) is 0 Å². The topological polar surface area (TPSA) is 56.7 Å². The molecule has 0 bridgehead atoms. The van der Waals surface area contributed by atoms with Crippen LogP contribution in [0.1, 0.15) is 45.3 Å². The molecule has 0 saturated heterocycles. The standard InChI is InChI=1S/C12H22N4/c1-8(2)7-10-14-11(16(4)15-10)12(3,13)9-5-6-9/h8-9H,5-7,13H2,1-4H3. The van der Waals surface area contributed by atoms with Crippen molar-refractivity contribution in [1.29, 1.82) is 0 Å². The van der Waals surface area contributed by atoms with E-state index in [1.54, 1.807) is 0 Å². The third-order valence-corrected chi connectivity index (χ3v) is 3.30. The third-order valence-electron chi connectivity index (χ3n) is 3.30. The molecule has 0 aliphatic heterocycles. The molecule has 0 amide bonds. The molecule has 1 aromatic heterocycles. The first-order valence-corrected chi connectivity index (χ1v) is 6.10. The molecule has 1 aliphatic carbocycles. The number of nitrogens with two attached hydrogens (primary N) is 1. The van der Waals surface area contributed by atoms with Gasteiger partial charge in [0.2, 0.25) is 0 Å². The lowest BCUT2D eigenvalue weighted by atomic mass is 9.96. The van der Waals surface area contributed by atoms with Crippen LogP contribution in [0.4, 0.5) is 0 Å². The summed E-state index contributed by atoms with van der Waals surface area (Å²) in [6.45, 7) is 6.44. The molecule has 1 atom stereocenters. The van der Waals surface area contributed by atoms with Crippen LogP contribution in [0, 0.1) is 11.8 Å². The summed E-state index contributed by atoms with van der Waals surface area (Å²) in [5.41, 5.74) is 6.06. The zero-order valence-electron chi connectivity index (χ0n) is 10.7. The molecule has 0 spiro atoms. The lowest BCUT2D eigenvalue weighted by molar-refractivity contribution is 0.382. The first-order valence-electron chi connectivity index (χ1n) is 6.10. The maximum absolute atomic E-state index is 6.36. The highest BCUT2D eigenvalue weighted by atomic mass is 15.3. The van der Waals surface area contributed by atoms with E-state index in [-0.39, 0.29) is 5.54 Å². The van der Waals surface area contributed by atoms with Crippen molar-refractivity contribution >= 4 is 0 Å². The Kier molecular flexibility index (Phi) is 2.78. The van der Waals surface area contributed by atoms with Crippen LogP contribution in [-0.4, -0.2) is 14.8 Å². The van der Waals surface area contributed by atoms with Gasteiger partial charge in [-0.25, -0.2) is 4.98 Å². The Bertz CT molecular complexity index is 374. The molecule has 1 aliphatic rings. The van der Waals surface area contributed by atoms with Gasteiger partial charge in [-0.2, -0.15) is 5.10 Å². The van der Waals surface area contributed by atoms with Crippen molar-refractivity contribution in [2.45, 2.75) is 45.6 Å². The average Bonchev–Trinajstić information content (AvgIpc) is 2.91. The minimum absolute atomic E-state index is 0.309. The molecule has 4 nitrogen and oxygen atoms in total. The highest BCUT2D eigenvalue weighted by molar-refractivity contribution is 5.11. The molecule has 16 heavy (non-hydrogen) atoms. The molecule has 2 rings (SSSR count). The van der Waals surface area contributed by atoms with Gasteiger partial charge in [0.25, 0.3) is 0 Å². The van der Waals surface area contributed by atoms with E-state index in [1.165, 1.54) is 12.8 Å². The molecule has 1 unspecified atom stereocenters. The van der Waals surface area contributed by atoms with Crippen LogP contribution in [0.5, 0.6) is 0 Å². The molecule has 1 heterocycles. The Hall–Kier alpha value is -0.900. The fourth-order valence-electron chi connectivity index (χ4n) is 2.22. The van der Waals surface area contributed by atoms with Crippen molar-refractivity contribution in [3.63, 3.8) is 0 Å². The fourth-order valence-corrected chi connectivity index (χ4v) is 2.22. The number of rotatable bonds is 4. The Morgan fingerprint density at radius 3 is 2.62 bits per heavy atom. The van der Waals surface area contributed by atoms with Crippen LogP contribution >= 0.6 is 0 Å². The van der Waals surface area contributed by atoms with Gasteiger partial charge in [0.05, 0.1) is 5.54 Å². The predicted molar refractivity (Wildman–Crippen MR) is 63.8 cm³/mol. The van der Waals surface area contributed by atoms with Crippen LogP contribution in [0.15, 0.2) is 0 Å². The number of aryl methyl sites for hydroxylation is 1. The second-order valence-electron chi connectivity index (χ2n) is 5.63. The molecule has 1 fully saturated rings. The van der Waals surface area contributed by atoms with E-state index in [0.717, 1.165) is 18.1 Å². The minimum atomic E-state index is -0.309. The first-order chi connectivity index (χ1) is 7.41. The van der Waals surface area contributed by atoms with E-state index in [0.29, 0.717) is 11.8 Å². The minimum Gasteiger partial charge on any atom is -0.319 e. The zero-order valence-corrected chi connectivity index (χ0v) is 10.7. The summed E-state index contributed by atoms with van der Waals surface area (Å²) in [5, 5.41) is 4.45. The van der Waals surface area contributed by atoms with Gasteiger partial charge < -0.3 is 5.73 Å². The lowest BCUT2D eigenvalue weighted by Gasteiger charge is -2.22. The summed E-state index contributed by atoms with van der Waals surface area (Å²) in [6, 6.07) is 0. The van der Waals surface area contributed by atoms with Gasteiger partial charge in [0, 0.05) is 13.5 Å². The van der Waals surface area contributed by atoms with Crippen LogP contribution < -0.4 is 5.73 Å². The third kappa shape index (κ3) is 2.12. The molecule has 0 radical (unpaired) electrons. The van der Waals surface area contributed by atoms with E-state index in [4.69, 9.17) is 5.73 Å². The van der Waals surface area contributed by atoms with Gasteiger partial charge in [-0.05, 0) is 31.6 Å². The van der Waals surface area contributed by atoms with Gasteiger partial charge in [-0.15, -0.1) is 0 Å². The zero-order chi connectivity index (χ0) is 11.9. The summed E-state index contributed by atoms with van der Waals surface area (Å²) in [6.07, 6.45) is 3.37.